The Morgan fingerprint density at radius 2 is 1.76 bits per heavy atom. The molecule has 174 valence electrons. The van der Waals surface area contributed by atoms with E-state index >= 15 is 0 Å². The molecule has 1 unspecified atom stereocenters. The Bertz CT molecular complexity index is 1360. The number of piperidine rings is 1. The van der Waals surface area contributed by atoms with Crippen molar-refractivity contribution >= 4 is 33.4 Å². The smallest absolute Gasteiger partial charge is 0.257 e. The highest BCUT2D eigenvalue weighted by Crippen LogP contribution is 2.28. The Balaban J connectivity index is 1.22. The first kappa shape index (κ1) is 22.1. The lowest BCUT2D eigenvalue weighted by Gasteiger charge is -2.33. The Morgan fingerprint density at radius 1 is 1.06 bits per heavy atom. The minimum atomic E-state index is -0.124. The van der Waals surface area contributed by atoms with E-state index in [-0.39, 0.29) is 17.5 Å². The standard InChI is InChI=1S/C27H29N5O2/c1-18(19-7-3-2-4-8-19)29-24(33)17-32-15-12-20(13-16-32)30-23-11-14-28-26-25(23)21-9-5-6-10-22(21)27(34)31-26/h2-11,14,18,20H,12-13,15-17H2,1H3,(H,29,33)(H2,28,30,31,34). The first-order valence-corrected chi connectivity index (χ1v) is 11.8. The zero-order valence-electron chi connectivity index (χ0n) is 19.3. The molecule has 0 radical (unpaired) electrons. The number of hydrogen-bond donors (Lipinski definition) is 3. The summed E-state index contributed by atoms with van der Waals surface area (Å²) in [7, 11) is 0. The molecule has 3 N–H and O–H groups in total. The van der Waals surface area contributed by atoms with Crippen molar-refractivity contribution in [3.8, 4) is 0 Å². The quantitative estimate of drug-likeness (QED) is 0.385. The molecule has 1 aliphatic rings. The van der Waals surface area contributed by atoms with Gasteiger partial charge in [0.15, 0.2) is 0 Å². The van der Waals surface area contributed by atoms with E-state index in [1.165, 1.54) is 0 Å². The number of anilines is 1. The van der Waals surface area contributed by atoms with Gasteiger partial charge in [-0.3, -0.25) is 14.5 Å². The highest BCUT2D eigenvalue weighted by Gasteiger charge is 2.22. The van der Waals surface area contributed by atoms with Gasteiger partial charge in [-0.2, -0.15) is 0 Å². The predicted octanol–water partition coefficient (Wildman–Crippen LogP) is 3.83. The van der Waals surface area contributed by atoms with Gasteiger partial charge in [-0.15, -0.1) is 0 Å². The number of aromatic nitrogens is 2. The summed E-state index contributed by atoms with van der Waals surface area (Å²) in [5, 5.41) is 9.28. The van der Waals surface area contributed by atoms with E-state index < -0.39 is 0 Å². The van der Waals surface area contributed by atoms with E-state index in [0.717, 1.165) is 48.0 Å². The Hall–Kier alpha value is -3.71. The maximum atomic E-state index is 12.6. The molecule has 7 heteroatoms. The van der Waals surface area contributed by atoms with Gasteiger partial charge in [0.1, 0.15) is 5.65 Å². The second-order valence-electron chi connectivity index (χ2n) is 8.98. The van der Waals surface area contributed by atoms with E-state index in [2.05, 4.69) is 25.5 Å². The third kappa shape index (κ3) is 4.65. The second kappa shape index (κ2) is 9.65. The van der Waals surface area contributed by atoms with Crippen molar-refractivity contribution in [2.45, 2.75) is 31.8 Å². The topological polar surface area (TPSA) is 90.1 Å². The molecule has 2 aromatic carbocycles. The van der Waals surface area contributed by atoms with Crippen LogP contribution in [0.15, 0.2) is 71.7 Å². The molecule has 0 spiro atoms. The largest absolute Gasteiger partial charge is 0.382 e. The summed E-state index contributed by atoms with van der Waals surface area (Å²) in [5.74, 6) is 0.0540. The number of pyridine rings is 2. The number of fused-ring (bicyclic) bond motifs is 3. The summed E-state index contributed by atoms with van der Waals surface area (Å²) in [4.78, 5) is 34.5. The summed E-state index contributed by atoms with van der Waals surface area (Å²) in [6.45, 7) is 4.13. The molecule has 1 amide bonds. The van der Waals surface area contributed by atoms with Crippen molar-refractivity contribution in [1.82, 2.24) is 20.2 Å². The number of aromatic amines is 1. The number of rotatable bonds is 6. The van der Waals surface area contributed by atoms with Crippen LogP contribution < -0.4 is 16.2 Å². The number of H-pyrrole nitrogens is 1. The zero-order valence-corrected chi connectivity index (χ0v) is 19.3. The molecular formula is C27H29N5O2. The maximum absolute atomic E-state index is 12.6. The first-order chi connectivity index (χ1) is 16.6. The molecule has 0 aliphatic carbocycles. The van der Waals surface area contributed by atoms with E-state index in [9.17, 15) is 9.59 Å². The Morgan fingerprint density at radius 3 is 2.53 bits per heavy atom. The van der Waals surface area contributed by atoms with E-state index in [1.807, 2.05) is 67.6 Å². The fourth-order valence-corrected chi connectivity index (χ4v) is 4.79. The highest BCUT2D eigenvalue weighted by atomic mass is 16.2. The lowest BCUT2D eigenvalue weighted by Crippen LogP contribution is -2.44. The van der Waals surface area contributed by atoms with Crippen LogP contribution in [0.3, 0.4) is 0 Å². The molecule has 7 nitrogen and oxygen atoms in total. The van der Waals surface area contributed by atoms with Crippen molar-refractivity contribution in [1.29, 1.82) is 0 Å². The molecule has 0 saturated carbocycles. The highest BCUT2D eigenvalue weighted by molar-refractivity contribution is 6.10. The maximum Gasteiger partial charge on any atom is 0.257 e. The molecule has 2 aromatic heterocycles. The van der Waals surface area contributed by atoms with Crippen molar-refractivity contribution in [3.63, 3.8) is 0 Å². The SMILES string of the molecule is CC(NC(=O)CN1CCC(Nc2ccnc3[nH]c(=O)c4ccccc4c23)CC1)c1ccccc1. The van der Waals surface area contributed by atoms with Gasteiger partial charge in [0, 0.05) is 47.2 Å². The minimum absolute atomic E-state index is 0.00542. The summed E-state index contributed by atoms with van der Waals surface area (Å²) < 4.78 is 0. The number of nitrogens with zero attached hydrogens (tertiary/aromatic N) is 2. The summed E-state index contributed by atoms with van der Waals surface area (Å²) >= 11 is 0. The molecule has 1 atom stereocenters. The summed E-state index contributed by atoms with van der Waals surface area (Å²) in [6.07, 6.45) is 3.60. The van der Waals surface area contributed by atoms with Gasteiger partial charge in [-0.1, -0.05) is 48.5 Å². The third-order valence-corrected chi connectivity index (χ3v) is 6.62. The van der Waals surface area contributed by atoms with Crippen LogP contribution in [0.2, 0.25) is 0 Å². The van der Waals surface area contributed by atoms with E-state index in [4.69, 9.17) is 0 Å². The first-order valence-electron chi connectivity index (χ1n) is 11.8. The number of amides is 1. The van der Waals surface area contributed by atoms with Gasteiger partial charge in [0.25, 0.3) is 5.56 Å². The number of carbonyl (C=O) groups is 1. The fraction of sp³-hybridized carbons (Fsp3) is 0.296. The van der Waals surface area contributed by atoms with Crippen LogP contribution in [0.25, 0.3) is 21.8 Å². The van der Waals surface area contributed by atoms with E-state index in [1.54, 1.807) is 6.20 Å². The average Bonchev–Trinajstić information content (AvgIpc) is 2.86. The summed E-state index contributed by atoms with van der Waals surface area (Å²) in [5.41, 5.74) is 2.55. The summed E-state index contributed by atoms with van der Waals surface area (Å²) in [6, 6.07) is 19.9. The van der Waals surface area contributed by atoms with Gasteiger partial charge in [0.05, 0.1) is 12.6 Å². The Labute approximate surface area is 198 Å². The third-order valence-electron chi connectivity index (χ3n) is 6.62. The van der Waals surface area contributed by atoms with Gasteiger partial charge in [0.2, 0.25) is 5.91 Å². The van der Waals surface area contributed by atoms with Crippen LogP contribution in [0.4, 0.5) is 5.69 Å². The molecule has 1 fully saturated rings. The molecule has 34 heavy (non-hydrogen) atoms. The van der Waals surface area contributed by atoms with Gasteiger partial charge in [-0.05, 0) is 37.5 Å². The molecule has 3 heterocycles. The zero-order chi connectivity index (χ0) is 23.5. The van der Waals surface area contributed by atoms with Crippen molar-refractivity contribution in [3.05, 3.63) is 82.8 Å². The second-order valence-corrected chi connectivity index (χ2v) is 8.98. The van der Waals surface area contributed by atoms with Crippen molar-refractivity contribution < 1.29 is 4.79 Å². The number of carbonyl (C=O) groups excluding carboxylic acids is 1. The number of likely N-dealkylation sites (tertiary alicyclic amines) is 1. The lowest BCUT2D eigenvalue weighted by atomic mass is 10.0. The molecule has 1 aliphatic heterocycles. The van der Waals surface area contributed by atoms with Crippen LogP contribution in [-0.2, 0) is 4.79 Å². The number of benzene rings is 2. The lowest BCUT2D eigenvalue weighted by molar-refractivity contribution is -0.123. The van der Waals surface area contributed by atoms with Gasteiger partial charge >= 0.3 is 0 Å². The number of nitrogens with one attached hydrogen (secondary N) is 3. The van der Waals surface area contributed by atoms with Crippen LogP contribution >= 0.6 is 0 Å². The number of hydrogen-bond acceptors (Lipinski definition) is 5. The van der Waals surface area contributed by atoms with Crippen LogP contribution in [0.1, 0.15) is 31.4 Å². The molecule has 5 rings (SSSR count). The van der Waals surface area contributed by atoms with E-state index in [0.29, 0.717) is 23.6 Å². The van der Waals surface area contributed by atoms with Crippen LogP contribution in [-0.4, -0.2) is 46.5 Å². The van der Waals surface area contributed by atoms with Gasteiger partial charge < -0.3 is 15.6 Å². The predicted molar refractivity (Wildman–Crippen MR) is 136 cm³/mol. The Kier molecular flexibility index (Phi) is 6.27. The van der Waals surface area contributed by atoms with Crippen LogP contribution in [0, 0.1) is 0 Å². The van der Waals surface area contributed by atoms with Crippen LogP contribution in [0.5, 0.6) is 0 Å². The fourth-order valence-electron chi connectivity index (χ4n) is 4.79. The van der Waals surface area contributed by atoms with Gasteiger partial charge in [-0.25, -0.2) is 4.98 Å². The normalized spacial score (nSPS) is 15.9. The monoisotopic (exact) mass is 455 g/mol. The molecule has 1 saturated heterocycles. The van der Waals surface area contributed by atoms with Crippen molar-refractivity contribution in [2.24, 2.45) is 0 Å². The average molecular weight is 456 g/mol. The minimum Gasteiger partial charge on any atom is -0.382 e. The molecule has 0 bridgehead atoms. The van der Waals surface area contributed by atoms with Crippen molar-refractivity contribution in [2.75, 3.05) is 25.0 Å². The molecular weight excluding hydrogens is 426 g/mol. The molecule has 4 aromatic rings.